The van der Waals surface area contributed by atoms with Crippen LogP contribution in [0.5, 0.6) is 0 Å². The van der Waals surface area contributed by atoms with Crippen LogP contribution in [0, 0.1) is 5.21 Å². The summed E-state index contributed by atoms with van der Waals surface area (Å²) in [5.41, 5.74) is 0.982. The van der Waals surface area contributed by atoms with Gasteiger partial charge in [0.1, 0.15) is 0 Å². The Morgan fingerprint density at radius 2 is 1.93 bits per heavy atom. The van der Waals surface area contributed by atoms with Crippen LogP contribution in [0.4, 0.5) is 0 Å². The molecule has 1 aromatic carbocycles. The summed E-state index contributed by atoms with van der Waals surface area (Å²) in [6, 6.07) is 13.1. The molecule has 1 heterocycles. The van der Waals surface area contributed by atoms with Crippen LogP contribution in [-0.4, -0.2) is 11.0 Å². The van der Waals surface area contributed by atoms with Crippen molar-refractivity contribution in [3.8, 4) is 0 Å². The fourth-order valence-electron chi connectivity index (χ4n) is 1.32. The molecule has 0 unspecified atom stereocenters. The smallest absolute Gasteiger partial charge is 0.217 e. The van der Waals surface area contributed by atoms with Crippen molar-refractivity contribution >= 4 is 6.21 Å². The molecule has 0 spiro atoms. The quantitative estimate of drug-likeness (QED) is 0.331. The normalized spacial score (nSPS) is 11.6. The third kappa shape index (κ3) is 2.71. The molecule has 0 bridgehead atoms. The Morgan fingerprint density at radius 1 is 1.13 bits per heavy atom. The monoisotopic (exact) mass is 201 g/mol. The molecule has 0 saturated heterocycles. The van der Waals surface area contributed by atoms with Crippen LogP contribution in [0.3, 0.4) is 0 Å². The molecule has 76 valence electrons. The van der Waals surface area contributed by atoms with Crippen LogP contribution in [0.15, 0.2) is 53.1 Å². The van der Waals surface area contributed by atoms with Crippen molar-refractivity contribution in [3.63, 3.8) is 0 Å². The lowest BCUT2D eigenvalue weighted by Crippen LogP contribution is -2.04. The number of rotatable bonds is 3. The molecule has 0 N–H and O–H groups in total. The Balaban J connectivity index is 2.07. The lowest BCUT2D eigenvalue weighted by atomic mass is 10.2. The van der Waals surface area contributed by atoms with E-state index in [1.807, 2.05) is 30.3 Å². The van der Waals surface area contributed by atoms with E-state index in [0.29, 0.717) is 12.3 Å². The first-order chi connectivity index (χ1) is 7.34. The Hall–Kier alpha value is -2.03. The maximum atomic E-state index is 11.5. The molecule has 0 aliphatic rings. The fraction of sp³-hybridized carbons (Fsp3) is 0.0833. The van der Waals surface area contributed by atoms with Gasteiger partial charge in [-0.2, -0.15) is 0 Å². The molecule has 0 amide bonds. The molecule has 0 aliphatic carbocycles. The summed E-state index contributed by atoms with van der Waals surface area (Å²) < 4.78 is 5.90. The van der Waals surface area contributed by atoms with Crippen LogP contribution >= 0.6 is 0 Å². The molecule has 3 heteroatoms. The number of benzene rings is 1. The summed E-state index contributed by atoms with van der Waals surface area (Å²) in [7, 11) is 0. The average molecular weight is 201 g/mol. The predicted octanol–water partition coefficient (Wildman–Crippen LogP) is 2.41. The van der Waals surface area contributed by atoms with Gasteiger partial charge in [-0.25, -0.2) is 4.74 Å². The molecular weight excluding hydrogens is 190 g/mol. The molecule has 3 nitrogen and oxygen atoms in total. The summed E-state index contributed by atoms with van der Waals surface area (Å²) in [5, 5.41) is 11.5. The number of furan rings is 1. The summed E-state index contributed by atoms with van der Waals surface area (Å²) in [4.78, 5) is 0. The van der Waals surface area contributed by atoms with E-state index in [9.17, 15) is 5.21 Å². The van der Waals surface area contributed by atoms with Gasteiger partial charge in [0.25, 0.3) is 0 Å². The zero-order valence-electron chi connectivity index (χ0n) is 8.17. The van der Waals surface area contributed by atoms with Gasteiger partial charge in [-0.1, -0.05) is 30.3 Å². The molecule has 0 atom stereocenters. The second-order valence-electron chi connectivity index (χ2n) is 3.21. The second kappa shape index (κ2) is 4.46. The molecule has 0 fully saturated rings. The van der Waals surface area contributed by atoms with Gasteiger partial charge in [-0.05, 0) is 12.1 Å². The standard InChI is InChI=1S/C12H11NO2/c14-13(10-12-7-4-8-15-12)9-11-5-2-1-3-6-11/h1-8,10H,9H2/b13-10-. The lowest BCUT2D eigenvalue weighted by Gasteiger charge is -2.02. The van der Waals surface area contributed by atoms with Crippen LogP contribution in [0.2, 0.25) is 0 Å². The SMILES string of the molecule is [O-]/[N+](=C\c1ccco1)Cc1ccccc1. The van der Waals surface area contributed by atoms with Gasteiger partial charge in [0.05, 0.1) is 6.26 Å². The number of hydrogen-bond acceptors (Lipinski definition) is 2. The van der Waals surface area contributed by atoms with Gasteiger partial charge in [0, 0.05) is 5.56 Å². The Bertz CT molecular complexity index is 432. The zero-order chi connectivity index (χ0) is 10.5. The minimum atomic E-state index is 0.335. The largest absolute Gasteiger partial charge is 0.623 e. The van der Waals surface area contributed by atoms with Gasteiger partial charge in [0.2, 0.25) is 6.21 Å². The molecular formula is C12H11NO2. The van der Waals surface area contributed by atoms with Crippen molar-refractivity contribution in [2.24, 2.45) is 0 Å². The Morgan fingerprint density at radius 3 is 2.60 bits per heavy atom. The third-order valence-electron chi connectivity index (χ3n) is 2.00. The van der Waals surface area contributed by atoms with Gasteiger partial charge < -0.3 is 9.62 Å². The van der Waals surface area contributed by atoms with E-state index in [4.69, 9.17) is 4.42 Å². The summed E-state index contributed by atoms with van der Waals surface area (Å²) in [6.07, 6.45) is 2.98. The number of hydrogen-bond donors (Lipinski definition) is 0. The first kappa shape index (κ1) is 9.52. The highest BCUT2D eigenvalue weighted by Crippen LogP contribution is 2.01. The van der Waals surface area contributed by atoms with E-state index in [2.05, 4.69) is 0 Å². The number of nitrogens with zero attached hydrogens (tertiary/aromatic N) is 1. The van der Waals surface area contributed by atoms with E-state index in [0.717, 1.165) is 10.3 Å². The zero-order valence-corrected chi connectivity index (χ0v) is 8.17. The van der Waals surface area contributed by atoms with E-state index >= 15 is 0 Å². The highest BCUT2D eigenvalue weighted by atomic mass is 16.5. The van der Waals surface area contributed by atoms with Gasteiger partial charge in [-0.15, -0.1) is 0 Å². The predicted molar refractivity (Wildman–Crippen MR) is 57.6 cm³/mol. The summed E-state index contributed by atoms with van der Waals surface area (Å²) in [5.74, 6) is 0.570. The van der Waals surface area contributed by atoms with E-state index in [1.165, 1.54) is 6.21 Å². The Kier molecular flexibility index (Phi) is 2.83. The van der Waals surface area contributed by atoms with Crippen LogP contribution in [0.1, 0.15) is 11.3 Å². The maximum Gasteiger partial charge on any atom is 0.217 e. The second-order valence-corrected chi connectivity index (χ2v) is 3.21. The molecule has 2 rings (SSSR count). The average Bonchev–Trinajstić information content (AvgIpc) is 2.71. The molecule has 0 aliphatic heterocycles. The highest BCUT2D eigenvalue weighted by Gasteiger charge is 1.99. The number of hydroxylamine groups is 1. The first-order valence-electron chi connectivity index (χ1n) is 4.71. The first-order valence-corrected chi connectivity index (χ1v) is 4.71. The highest BCUT2D eigenvalue weighted by molar-refractivity contribution is 5.71. The molecule has 15 heavy (non-hydrogen) atoms. The Labute approximate surface area is 87.9 Å². The van der Waals surface area contributed by atoms with Crippen molar-refractivity contribution in [3.05, 3.63) is 65.3 Å². The van der Waals surface area contributed by atoms with Crippen LogP contribution < -0.4 is 0 Å². The fourth-order valence-corrected chi connectivity index (χ4v) is 1.32. The van der Waals surface area contributed by atoms with Crippen molar-refractivity contribution in [1.29, 1.82) is 0 Å². The summed E-state index contributed by atoms with van der Waals surface area (Å²) >= 11 is 0. The molecule has 1 aromatic heterocycles. The van der Waals surface area contributed by atoms with E-state index < -0.39 is 0 Å². The van der Waals surface area contributed by atoms with Crippen LogP contribution in [-0.2, 0) is 6.54 Å². The topological polar surface area (TPSA) is 39.2 Å². The van der Waals surface area contributed by atoms with E-state index in [1.54, 1.807) is 18.4 Å². The lowest BCUT2D eigenvalue weighted by molar-refractivity contribution is -0.469. The van der Waals surface area contributed by atoms with E-state index in [-0.39, 0.29) is 0 Å². The third-order valence-corrected chi connectivity index (χ3v) is 2.00. The van der Waals surface area contributed by atoms with Gasteiger partial charge >= 0.3 is 0 Å². The van der Waals surface area contributed by atoms with Crippen molar-refractivity contribution in [2.75, 3.05) is 0 Å². The van der Waals surface area contributed by atoms with Crippen molar-refractivity contribution in [2.45, 2.75) is 6.54 Å². The summed E-state index contributed by atoms with van der Waals surface area (Å²) in [6.45, 7) is 0.335. The maximum absolute atomic E-state index is 11.5. The van der Waals surface area contributed by atoms with Crippen molar-refractivity contribution in [1.82, 2.24) is 0 Å². The van der Waals surface area contributed by atoms with Gasteiger partial charge in [-0.3, -0.25) is 0 Å². The minimum Gasteiger partial charge on any atom is -0.623 e. The van der Waals surface area contributed by atoms with Crippen LogP contribution in [0.25, 0.3) is 0 Å². The molecule has 2 aromatic rings. The minimum absolute atomic E-state index is 0.335. The van der Waals surface area contributed by atoms with Gasteiger partial charge in [0.15, 0.2) is 12.3 Å². The molecule has 0 saturated carbocycles. The van der Waals surface area contributed by atoms with Crippen molar-refractivity contribution < 1.29 is 9.16 Å². The molecule has 0 radical (unpaired) electrons.